The van der Waals surface area contributed by atoms with Crippen LogP contribution in [-0.2, 0) is 16.1 Å². The third kappa shape index (κ3) is 5.16. The maximum atomic E-state index is 12.8. The quantitative estimate of drug-likeness (QED) is 0.299. The number of hydrazine groups is 1. The average Bonchev–Trinajstić information content (AvgIpc) is 3.45. The van der Waals surface area contributed by atoms with Crippen LogP contribution >= 0.6 is 0 Å². The van der Waals surface area contributed by atoms with Crippen LogP contribution < -0.4 is 31.7 Å². The molecule has 0 aromatic carbocycles. The number of anilines is 3. The van der Waals surface area contributed by atoms with Gasteiger partial charge in [0.25, 0.3) is 0 Å². The van der Waals surface area contributed by atoms with Crippen LogP contribution in [0.1, 0.15) is 44.3 Å². The van der Waals surface area contributed by atoms with Gasteiger partial charge < -0.3 is 26.0 Å². The van der Waals surface area contributed by atoms with Gasteiger partial charge in [0.15, 0.2) is 5.82 Å². The smallest absolute Gasteiger partial charge is 0.238 e. The first-order valence-electron chi connectivity index (χ1n) is 13.6. The number of aromatic nitrogens is 4. The minimum Gasteiger partial charge on any atom is -0.383 e. The van der Waals surface area contributed by atoms with Crippen molar-refractivity contribution < 1.29 is 9.53 Å². The molecule has 1 amide bonds. The maximum absolute atomic E-state index is 12.8. The molecule has 5 heterocycles. The van der Waals surface area contributed by atoms with Crippen LogP contribution in [0.15, 0.2) is 42.3 Å². The van der Waals surface area contributed by atoms with Gasteiger partial charge in [-0.3, -0.25) is 19.4 Å². The van der Waals surface area contributed by atoms with Crippen molar-refractivity contribution in [3.63, 3.8) is 0 Å². The van der Waals surface area contributed by atoms with E-state index in [1.807, 2.05) is 36.7 Å². The predicted molar refractivity (Wildman–Crippen MR) is 147 cm³/mol. The first-order chi connectivity index (χ1) is 18.9. The van der Waals surface area contributed by atoms with E-state index in [9.17, 15) is 4.79 Å². The van der Waals surface area contributed by atoms with Gasteiger partial charge in [-0.05, 0) is 38.7 Å². The van der Waals surface area contributed by atoms with Crippen LogP contribution in [0.25, 0.3) is 0 Å². The molecule has 39 heavy (non-hydrogen) atoms. The van der Waals surface area contributed by atoms with E-state index in [0.29, 0.717) is 31.2 Å². The lowest BCUT2D eigenvalue weighted by molar-refractivity contribution is -0.131. The Bertz CT molecular complexity index is 1280. The van der Waals surface area contributed by atoms with Gasteiger partial charge >= 0.3 is 0 Å². The Morgan fingerprint density at radius 3 is 2.90 bits per heavy atom. The molecule has 1 aliphatic carbocycles. The Hall–Kier alpha value is -3.68. The van der Waals surface area contributed by atoms with Gasteiger partial charge in [0.2, 0.25) is 11.9 Å². The molecule has 1 spiro atoms. The molecule has 1 saturated heterocycles. The summed E-state index contributed by atoms with van der Waals surface area (Å²) in [5.74, 6) is 1.29. The molecular formula is C26H37N11O2. The lowest BCUT2D eigenvalue weighted by atomic mass is 9.68. The molecule has 2 fully saturated rings. The minimum atomic E-state index is -0.221. The highest BCUT2D eigenvalue weighted by Gasteiger charge is 2.49. The Labute approximate surface area is 228 Å². The molecule has 4 aliphatic rings. The van der Waals surface area contributed by atoms with Gasteiger partial charge in [0, 0.05) is 50.5 Å². The third-order valence-corrected chi connectivity index (χ3v) is 8.16. The highest BCUT2D eigenvalue weighted by atomic mass is 16.5. The molecule has 5 N–H and O–H groups in total. The second kappa shape index (κ2) is 10.5. The highest BCUT2D eigenvalue weighted by molar-refractivity contribution is 5.80. The summed E-state index contributed by atoms with van der Waals surface area (Å²) in [7, 11) is 3.59. The summed E-state index contributed by atoms with van der Waals surface area (Å²) < 4.78 is 6.91. The molecule has 2 aromatic rings. The molecule has 6 rings (SSSR count). The van der Waals surface area contributed by atoms with Gasteiger partial charge in [-0.15, -0.1) is 0 Å². The summed E-state index contributed by atoms with van der Waals surface area (Å²) in [6, 6.07) is 0.0481. The molecule has 13 nitrogen and oxygen atoms in total. The molecule has 0 bridgehead atoms. The number of nitrogens with one attached hydrogen (secondary N) is 5. The standard InChI is InChI=1S/C26H37N11O2/c1-17-21(11-18(12-27-17)30-22(38)16-36-8-7-26(36)5-4-6-26)32-23-20-14-28-25(33-24(20)35(2)34-23)31-19-13-29-37(15-19)9-10-39-3/h11-15,17,23,27,32,34H,4-10,16H2,1-3H3,(H,30,38)(H,28,31,33). The Morgan fingerprint density at radius 1 is 1.28 bits per heavy atom. The summed E-state index contributed by atoms with van der Waals surface area (Å²) in [4.78, 5) is 24.3. The first kappa shape index (κ1) is 25.6. The van der Waals surface area contributed by atoms with Crippen molar-refractivity contribution in [3.8, 4) is 0 Å². The molecule has 2 atom stereocenters. The van der Waals surface area contributed by atoms with E-state index in [0.717, 1.165) is 35.0 Å². The molecule has 13 heteroatoms. The summed E-state index contributed by atoms with van der Waals surface area (Å²) in [5, 5.41) is 19.4. The van der Waals surface area contributed by atoms with Crippen molar-refractivity contribution in [1.29, 1.82) is 0 Å². The van der Waals surface area contributed by atoms with E-state index >= 15 is 0 Å². The van der Waals surface area contributed by atoms with Crippen molar-refractivity contribution in [3.05, 3.63) is 47.8 Å². The first-order valence-corrected chi connectivity index (χ1v) is 13.6. The summed E-state index contributed by atoms with van der Waals surface area (Å²) >= 11 is 0. The monoisotopic (exact) mass is 535 g/mol. The number of rotatable bonds is 10. The molecule has 1 saturated carbocycles. The maximum Gasteiger partial charge on any atom is 0.238 e. The number of carbonyl (C=O) groups excluding carboxylic acids is 1. The van der Waals surface area contributed by atoms with Crippen LogP contribution in [0.3, 0.4) is 0 Å². The summed E-state index contributed by atoms with van der Waals surface area (Å²) in [5.41, 5.74) is 7.15. The Morgan fingerprint density at radius 2 is 2.15 bits per heavy atom. The predicted octanol–water partition coefficient (Wildman–Crippen LogP) is 1.07. The van der Waals surface area contributed by atoms with Gasteiger partial charge in [-0.2, -0.15) is 10.1 Å². The van der Waals surface area contributed by atoms with Crippen molar-refractivity contribution in [1.82, 2.24) is 46.0 Å². The number of likely N-dealkylation sites (tertiary alicyclic amines) is 1. The Balaban J connectivity index is 1.08. The van der Waals surface area contributed by atoms with E-state index in [2.05, 4.69) is 48.6 Å². The number of hydrogen-bond acceptors (Lipinski definition) is 11. The van der Waals surface area contributed by atoms with Gasteiger partial charge in [-0.25, -0.2) is 10.4 Å². The molecule has 0 radical (unpaired) electrons. The number of dihydropyridines is 1. The SMILES string of the molecule is COCCn1cc(Nc2ncc3c(n2)N(C)NC3NC2=CC(NC(=O)CN3CCC34CCC4)=CNC2C)cn1. The second-order valence-corrected chi connectivity index (χ2v) is 10.7. The van der Waals surface area contributed by atoms with E-state index in [1.54, 1.807) is 18.0 Å². The molecule has 2 aromatic heterocycles. The van der Waals surface area contributed by atoms with Crippen molar-refractivity contribution in [2.24, 2.45) is 0 Å². The largest absolute Gasteiger partial charge is 0.383 e. The van der Waals surface area contributed by atoms with Crippen LogP contribution in [-0.4, -0.2) is 76.0 Å². The average molecular weight is 536 g/mol. The zero-order chi connectivity index (χ0) is 27.0. The lowest BCUT2D eigenvalue weighted by Gasteiger charge is -2.58. The van der Waals surface area contributed by atoms with Crippen LogP contribution in [0.4, 0.5) is 17.5 Å². The summed E-state index contributed by atoms with van der Waals surface area (Å²) in [6.07, 6.45) is 14.0. The number of allylic oxidation sites excluding steroid dienone is 1. The fraction of sp³-hybridized carbons (Fsp3) is 0.538. The molecular weight excluding hydrogens is 498 g/mol. The number of nitrogens with zero attached hydrogens (tertiary/aromatic N) is 6. The van der Waals surface area contributed by atoms with Crippen LogP contribution in [0.2, 0.25) is 0 Å². The number of amides is 1. The molecule has 208 valence electrons. The highest BCUT2D eigenvalue weighted by Crippen LogP contribution is 2.46. The van der Waals surface area contributed by atoms with E-state index < -0.39 is 0 Å². The fourth-order valence-electron chi connectivity index (χ4n) is 5.62. The van der Waals surface area contributed by atoms with E-state index in [4.69, 9.17) is 9.72 Å². The molecule has 3 aliphatic heterocycles. The topological polar surface area (TPSA) is 137 Å². The van der Waals surface area contributed by atoms with Crippen molar-refractivity contribution >= 4 is 23.4 Å². The lowest BCUT2D eigenvalue weighted by Crippen LogP contribution is -2.65. The van der Waals surface area contributed by atoms with E-state index in [-0.39, 0.29) is 18.1 Å². The number of hydrogen-bond donors (Lipinski definition) is 5. The van der Waals surface area contributed by atoms with Crippen molar-refractivity contribution in [2.75, 3.05) is 44.2 Å². The second-order valence-electron chi connectivity index (χ2n) is 10.7. The van der Waals surface area contributed by atoms with E-state index in [1.165, 1.54) is 25.7 Å². The number of methoxy groups -OCH3 is 1. The van der Waals surface area contributed by atoms with Crippen LogP contribution in [0.5, 0.6) is 0 Å². The fourth-order valence-corrected chi connectivity index (χ4v) is 5.62. The zero-order valence-electron chi connectivity index (χ0n) is 22.7. The third-order valence-electron chi connectivity index (χ3n) is 8.16. The molecule has 2 unspecified atom stereocenters. The number of carbonyl (C=O) groups is 1. The zero-order valence-corrected chi connectivity index (χ0v) is 22.7. The van der Waals surface area contributed by atoms with Crippen LogP contribution in [0, 0.1) is 0 Å². The minimum absolute atomic E-state index is 0.0286. The summed E-state index contributed by atoms with van der Waals surface area (Å²) in [6.45, 7) is 4.81. The number of ether oxygens (including phenoxy) is 1. The van der Waals surface area contributed by atoms with Crippen molar-refractivity contribution in [2.45, 2.75) is 56.9 Å². The number of fused-ring (bicyclic) bond motifs is 1. The normalized spacial score (nSPS) is 23.2. The van der Waals surface area contributed by atoms with Gasteiger partial charge in [-0.1, -0.05) is 0 Å². The van der Waals surface area contributed by atoms with Gasteiger partial charge in [0.1, 0.15) is 6.17 Å². The van der Waals surface area contributed by atoms with Gasteiger partial charge in [0.05, 0.1) is 48.9 Å². The Kier molecular flexibility index (Phi) is 6.87.